The van der Waals surface area contributed by atoms with Gasteiger partial charge in [-0.15, -0.1) is 0 Å². The standard InChI is InChI=1S/C23H29N3O2/c1-25(2)23(18-7-5-4-6-8-18)13-11-22(12-14-23)15-21(27)26(17-22)19-9-10-20(28-3)24-16-19/h4-10,16H,11-15,17H2,1-3H3. The smallest absolute Gasteiger partial charge is 0.227 e. The summed E-state index contributed by atoms with van der Waals surface area (Å²) in [6.07, 6.45) is 6.65. The predicted octanol–water partition coefficient (Wildman–Crippen LogP) is 3.84. The van der Waals surface area contributed by atoms with E-state index in [2.05, 4.69) is 54.3 Å². The lowest BCUT2D eigenvalue weighted by Gasteiger charge is -2.48. The highest BCUT2D eigenvalue weighted by Gasteiger charge is 2.50. The third-order valence-electron chi connectivity index (χ3n) is 6.87. The number of amides is 1. The van der Waals surface area contributed by atoms with E-state index in [0.29, 0.717) is 12.3 Å². The molecule has 5 nitrogen and oxygen atoms in total. The minimum Gasteiger partial charge on any atom is -0.481 e. The van der Waals surface area contributed by atoms with Gasteiger partial charge in [0.25, 0.3) is 0 Å². The van der Waals surface area contributed by atoms with Crippen molar-refractivity contribution in [1.82, 2.24) is 9.88 Å². The molecule has 1 amide bonds. The first-order valence-corrected chi connectivity index (χ1v) is 10.0. The zero-order valence-corrected chi connectivity index (χ0v) is 17.0. The molecule has 1 aliphatic carbocycles. The number of aromatic nitrogens is 1. The Kier molecular flexibility index (Phi) is 4.88. The van der Waals surface area contributed by atoms with Gasteiger partial charge in [0.1, 0.15) is 0 Å². The molecule has 1 aliphatic heterocycles. The Morgan fingerprint density at radius 3 is 2.32 bits per heavy atom. The van der Waals surface area contributed by atoms with E-state index in [1.807, 2.05) is 17.0 Å². The van der Waals surface area contributed by atoms with Crippen molar-refractivity contribution in [3.63, 3.8) is 0 Å². The average molecular weight is 380 g/mol. The van der Waals surface area contributed by atoms with Crippen LogP contribution in [0.5, 0.6) is 5.88 Å². The highest BCUT2D eigenvalue weighted by atomic mass is 16.5. The maximum Gasteiger partial charge on any atom is 0.227 e. The normalized spacial score (nSPS) is 27.6. The van der Waals surface area contributed by atoms with E-state index in [1.165, 1.54) is 5.56 Å². The number of carbonyl (C=O) groups excluding carboxylic acids is 1. The van der Waals surface area contributed by atoms with E-state index < -0.39 is 0 Å². The first-order chi connectivity index (χ1) is 13.5. The molecule has 1 saturated heterocycles. The van der Waals surface area contributed by atoms with Crippen LogP contribution in [0.4, 0.5) is 5.69 Å². The molecule has 148 valence electrons. The van der Waals surface area contributed by atoms with Gasteiger partial charge in [0.05, 0.1) is 19.0 Å². The van der Waals surface area contributed by atoms with Crippen LogP contribution in [0.15, 0.2) is 48.7 Å². The molecule has 1 aromatic carbocycles. The van der Waals surface area contributed by atoms with Gasteiger partial charge in [-0.05, 0) is 56.8 Å². The largest absolute Gasteiger partial charge is 0.481 e. The first-order valence-electron chi connectivity index (χ1n) is 10.0. The van der Waals surface area contributed by atoms with Crippen molar-refractivity contribution in [1.29, 1.82) is 0 Å². The Morgan fingerprint density at radius 2 is 1.75 bits per heavy atom. The molecular formula is C23H29N3O2. The van der Waals surface area contributed by atoms with Gasteiger partial charge in [0.2, 0.25) is 11.8 Å². The van der Waals surface area contributed by atoms with E-state index in [1.54, 1.807) is 13.3 Å². The summed E-state index contributed by atoms with van der Waals surface area (Å²) in [6, 6.07) is 14.6. The van der Waals surface area contributed by atoms with Crippen molar-refractivity contribution in [3.8, 4) is 5.88 Å². The summed E-state index contributed by atoms with van der Waals surface area (Å²) in [6.45, 7) is 0.790. The van der Waals surface area contributed by atoms with Gasteiger partial charge in [-0.1, -0.05) is 30.3 Å². The fraction of sp³-hybridized carbons (Fsp3) is 0.478. The minimum atomic E-state index is 0.0602. The molecule has 1 saturated carbocycles. The van der Waals surface area contributed by atoms with Crippen LogP contribution in [-0.2, 0) is 10.3 Å². The molecule has 1 aromatic heterocycles. The predicted molar refractivity (Wildman–Crippen MR) is 110 cm³/mol. The SMILES string of the molecule is COc1ccc(N2CC3(CCC(c4ccccc4)(N(C)C)CC3)CC2=O)cn1. The number of rotatable bonds is 4. The summed E-state index contributed by atoms with van der Waals surface area (Å²) in [5, 5.41) is 0. The summed E-state index contributed by atoms with van der Waals surface area (Å²) in [5.41, 5.74) is 2.39. The molecule has 2 aliphatic rings. The number of pyridine rings is 1. The molecule has 4 rings (SSSR count). The maximum atomic E-state index is 12.8. The highest BCUT2D eigenvalue weighted by Crippen LogP contribution is 2.52. The molecule has 0 radical (unpaired) electrons. The molecular weight excluding hydrogens is 350 g/mol. The number of hydrogen-bond donors (Lipinski definition) is 0. The number of carbonyl (C=O) groups is 1. The van der Waals surface area contributed by atoms with Gasteiger partial charge in [-0.2, -0.15) is 0 Å². The highest BCUT2D eigenvalue weighted by molar-refractivity contribution is 5.96. The van der Waals surface area contributed by atoms with Crippen LogP contribution in [0.3, 0.4) is 0 Å². The topological polar surface area (TPSA) is 45.7 Å². The molecule has 2 aromatic rings. The van der Waals surface area contributed by atoms with Gasteiger partial charge in [-0.25, -0.2) is 4.98 Å². The van der Waals surface area contributed by atoms with Crippen LogP contribution < -0.4 is 9.64 Å². The molecule has 28 heavy (non-hydrogen) atoms. The Hall–Kier alpha value is -2.40. The lowest BCUT2D eigenvalue weighted by atomic mass is 9.64. The van der Waals surface area contributed by atoms with Crippen molar-refractivity contribution < 1.29 is 9.53 Å². The second-order valence-electron chi connectivity index (χ2n) is 8.51. The van der Waals surface area contributed by atoms with Gasteiger partial charge in [0, 0.05) is 24.6 Å². The summed E-state index contributed by atoms with van der Waals surface area (Å²) in [5.74, 6) is 0.783. The molecule has 0 bridgehead atoms. The van der Waals surface area contributed by atoms with Gasteiger partial charge >= 0.3 is 0 Å². The van der Waals surface area contributed by atoms with Crippen LogP contribution in [0.1, 0.15) is 37.7 Å². The Bertz CT molecular complexity index is 825. The van der Waals surface area contributed by atoms with E-state index >= 15 is 0 Å². The Labute approximate surface area is 167 Å². The van der Waals surface area contributed by atoms with Crippen LogP contribution in [-0.4, -0.2) is 43.5 Å². The number of ether oxygens (including phenoxy) is 1. The second kappa shape index (κ2) is 7.21. The summed E-state index contributed by atoms with van der Waals surface area (Å²) >= 11 is 0. The summed E-state index contributed by atoms with van der Waals surface area (Å²) < 4.78 is 5.14. The van der Waals surface area contributed by atoms with Crippen molar-refractivity contribution in [2.24, 2.45) is 5.41 Å². The van der Waals surface area contributed by atoms with E-state index in [-0.39, 0.29) is 16.9 Å². The number of benzene rings is 1. The molecule has 0 N–H and O–H groups in total. The quantitative estimate of drug-likeness (QED) is 0.810. The Balaban J connectivity index is 1.53. The van der Waals surface area contributed by atoms with Crippen molar-refractivity contribution in [2.75, 3.05) is 32.6 Å². The van der Waals surface area contributed by atoms with Crippen LogP contribution in [0.2, 0.25) is 0 Å². The monoisotopic (exact) mass is 379 g/mol. The molecule has 1 spiro atoms. The third-order valence-corrected chi connectivity index (χ3v) is 6.87. The number of methoxy groups -OCH3 is 1. The average Bonchev–Trinajstić information content (AvgIpc) is 3.05. The van der Waals surface area contributed by atoms with E-state index in [4.69, 9.17) is 4.74 Å². The fourth-order valence-electron chi connectivity index (χ4n) is 5.06. The Morgan fingerprint density at radius 1 is 1.04 bits per heavy atom. The van der Waals surface area contributed by atoms with Crippen LogP contribution >= 0.6 is 0 Å². The lowest BCUT2D eigenvalue weighted by Crippen LogP contribution is -2.47. The number of nitrogens with zero attached hydrogens (tertiary/aromatic N) is 3. The molecule has 0 unspecified atom stereocenters. The van der Waals surface area contributed by atoms with E-state index in [9.17, 15) is 4.79 Å². The van der Waals surface area contributed by atoms with Gasteiger partial charge in [0.15, 0.2) is 0 Å². The molecule has 2 fully saturated rings. The van der Waals surface area contributed by atoms with Crippen molar-refractivity contribution in [3.05, 3.63) is 54.2 Å². The third kappa shape index (κ3) is 3.18. The first kappa shape index (κ1) is 18.9. The number of anilines is 1. The van der Waals surface area contributed by atoms with Gasteiger partial charge < -0.3 is 9.64 Å². The molecule has 0 atom stereocenters. The summed E-state index contributed by atoms with van der Waals surface area (Å²) in [7, 11) is 5.96. The number of hydrogen-bond acceptors (Lipinski definition) is 4. The zero-order valence-electron chi connectivity index (χ0n) is 17.0. The van der Waals surface area contributed by atoms with Crippen LogP contribution in [0, 0.1) is 5.41 Å². The van der Waals surface area contributed by atoms with Crippen molar-refractivity contribution >= 4 is 11.6 Å². The second-order valence-corrected chi connectivity index (χ2v) is 8.51. The molecule has 5 heteroatoms. The minimum absolute atomic E-state index is 0.0602. The fourth-order valence-corrected chi connectivity index (χ4v) is 5.06. The zero-order chi connectivity index (χ0) is 19.8. The van der Waals surface area contributed by atoms with Crippen molar-refractivity contribution in [2.45, 2.75) is 37.6 Å². The van der Waals surface area contributed by atoms with E-state index in [0.717, 1.165) is 37.9 Å². The molecule has 2 heterocycles. The van der Waals surface area contributed by atoms with Crippen LogP contribution in [0.25, 0.3) is 0 Å². The van der Waals surface area contributed by atoms with Gasteiger partial charge in [-0.3, -0.25) is 9.69 Å². The maximum absolute atomic E-state index is 12.8. The lowest BCUT2D eigenvalue weighted by molar-refractivity contribution is -0.118. The summed E-state index contributed by atoms with van der Waals surface area (Å²) in [4.78, 5) is 21.4.